The summed E-state index contributed by atoms with van der Waals surface area (Å²) in [5.41, 5.74) is 2.50. The fourth-order valence-electron chi connectivity index (χ4n) is 4.48. The minimum absolute atomic E-state index is 0.113. The number of amides is 1. The number of ether oxygens (including phenoxy) is 1. The maximum absolute atomic E-state index is 12.6. The average molecular weight is 548 g/mol. The molecular weight excluding hydrogens is 498 g/mol. The summed E-state index contributed by atoms with van der Waals surface area (Å²) in [6, 6.07) is 16.1. The van der Waals surface area contributed by atoms with E-state index >= 15 is 0 Å². The maximum atomic E-state index is 12.6. The molecule has 2 aromatic carbocycles. The highest BCUT2D eigenvalue weighted by molar-refractivity contribution is 5.95. The Morgan fingerprint density at radius 3 is 2.52 bits per heavy atom. The average Bonchev–Trinajstić information content (AvgIpc) is 3.50. The summed E-state index contributed by atoms with van der Waals surface area (Å²) in [6.45, 7) is 17.9. The number of nitrogens with one attached hydrogen (secondary N) is 2. The second-order valence-electron chi connectivity index (χ2n) is 9.79. The lowest BCUT2D eigenvalue weighted by molar-refractivity contribution is 0.0949. The van der Waals surface area contributed by atoms with Crippen molar-refractivity contribution >= 4 is 22.6 Å². The fraction of sp³-hybridized carbons (Fsp3) is 0.485. The first-order chi connectivity index (χ1) is 19.5. The van der Waals surface area contributed by atoms with E-state index in [0.29, 0.717) is 23.3 Å². The van der Waals surface area contributed by atoms with Crippen LogP contribution in [0.3, 0.4) is 0 Å². The molecule has 1 fully saturated rings. The number of aryl methyl sites for hydroxylation is 1. The molecule has 7 nitrogen and oxygen atoms in total. The SMILES string of the molecule is C=CC(CC)NCCC.CC.Cc1ccccc1C(=O)NCc1nc(N(C)CC2CCOC2)c2ccccc2n1. The Balaban J connectivity index is 0.000000436. The van der Waals surface area contributed by atoms with Crippen LogP contribution in [0.1, 0.15) is 68.7 Å². The lowest BCUT2D eigenvalue weighted by Gasteiger charge is -2.23. The van der Waals surface area contributed by atoms with Gasteiger partial charge in [0.1, 0.15) is 5.82 Å². The molecule has 1 saturated heterocycles. The van der Waals surface area contributed by atoms with Gasteiger partial charge in [-0.15, -0.1) is 6.58 Å². The molecule has 2 heterocycles. The van der Waals surface area contributed by atoms with E-state index in [0.717, 1.165) is 61.4 Å². The topological polar surface area (TPSA) is 79.4 Å². The zero-order valence-corrected chi connectivity index (χ0v) is 25.4. The Kier molecular flexibility index (Phi) is 14.9. The Hall–Kier alpha value is -3.29. The normalized spacial score (nSPS) is 14.8. The minimum Gasteiger partial charge on any atom is -0.381 e. The van der Waals surface area contributed by atoms with E-state index in [9.17, 15) is 4.79 Å². The Bertz CT molecular complexity index is 1180. The second kappa shape index (κ2) is 18.1. The van der Waals surface area contributed by atoms with Gasteiger partial charge in [0.05, 0.1) is 18.7 Å². The molecule has 1 aromatic heterocycles. The smallest absolute Gasteiger partial charge is 0.251 e. The molecular formula is C33H49N5O2. The third kappa shape index (κ3) is 10.0. The first-order valence-corrected chi connectivity index (χ1v) is 14.7. The van der Waals surface area contributed by atoms with Crippen molar-refractivity contribution < 1.29 is 9.53 Å². The molecule has 218 valence electrons. The number of rotatable bonds is 11. The summed E-state index contributed by atoms with van der Waals surface area (Å²) in [5, 5.41) is 7.32. The number of benzene rings is 2. The van der Waals surface area contributed by atoms with Gasteiger partial charge >= 0.3 is 0 Å². The zero-order chi connectivity index (χ0) is 29.3. The quantitative estimate of drug-likeness (QED) is 0.274. The summed E-state index contributed by atoms with van der Waals surface area (Å²) < 4.78 is 5.51. The summed E-state index contributed by atoms with van der Waals surface area (Å²) in [4.78, 5) is 24.2. The summed E-state index contributed by atoms with van der Waals surface area (Å²) >= 11 is 0. The summed E-state index contributed by atoms with van der Waals surface area (Å²) in [6.07, 6.45) is 5.39. The lowest BCUT2D eigenvalue weighted by atomic mass is 10.1. The van der Waals surface area contributed by atoms with Gasteiger partial charge in [-0.1, -0.05) is 64.1 Å². The molecule has 0 spiro atoms. The van der Waals surface area contributed by atoms with Crippen molar-refractivity contribution in [2.24, 2.45) is 5.92 Å². The number of aromatic nitrogens is 2. The minimum atomic E-state index is -0.113. The highest BCUT2D eigenvalue weighted by Gasteiger charge is 2.20. The van der Waals surface area contributed by atoms with Crippen LogP contribution < -0.4 is 15.5 Å². The predicted octanol–water partition coefficient (Wildman–Crippen LogP) is 6.32. The molecule has 1 aliphatic heterocycles. The van der Waals surface area contributed by atoms with Crippen LogP contribution in [0.2, 0.25) is 0 Å². The molecule has 2 atom stereocenters. The summed E-state index contributed by atoms with van der Waals surface area (Å²) in [5.74, 6) is 1.90. The number of hydrogen-bond donors (Lipinski definition) is 2. The Morgan fingerprint density at radius 2 is 1.88 bits per heavy atom. The number of carbonyl (C=O) groups is 1. The van der Waals surface area contributed by atoms with E-state index in [1.807, 2.05) is 75.4 Å². The maximum Gasteiger partial charge on any atom is 0.251 e. The molecule has 1 aliphatic rings. The van der Waals surface area contributed by atoms with Gasteiger partial charge < -0.3 is 20.3 Å². The molecule has 0 saturated carbocycles. The highest BCUT2D eigenvalue weighted by Crippen LogP contribution is 2.25. The number of fused-ring (bicyclic) bond motifs is 1. The molecule has 0 radical (unpaired) electrons. The first kappa shape index (κ1) is 32.9. The number of nitrogens with zero attached hydrogens (tertiary/aromatic N) is 3. The molecule has 2 unspecified atom stereocenters. The van der Waals surface area contributed by atoms with Crippen molar-refractivity contribution in [2.45, 2.75) is 66.5 Å². The van der Waals surface area contributed by atoms with Crippen LogP contribution in [-0.2, 0) is 11.3 Å². The lowest BCUT2D eigenvalue weighted by Crippen LogP contribution is -2.28. The van der Waals surface area contributed by atoms with Crippen LogP contribution in [-0.4, -0.2) is 55.3 Å². The van der Waals surface area contributed by atoms with Gasteiger partial charge in [0.15, 0.2) is 5.82 Å². The van der Waals surface area contributed by atoms with Gasteiger partial charge in [0.2, 0.25) is 0 Å². The third-order valence-electron chi connectivity index (χ3n) is 6.72. The van der Waals surface area contributed by atoms with E-state index in [4.69, 9.17) is 9.72 Å². The van der Waals surface area contributed by atoms with Crippen LogP contribution in [0.4, 0.5) is 5.82 Å². The molecule has 7 heteroatoms. The predicted molar refractivity (Wildman–Crippen MR) is 168 cm³/mol. The van der Waals surface area contributed by atoms with Crippen LogP contribution in [0.25, 0.3) is 10.9 Å². The zero-order valence-electron chi connectivity index (χ0n) is 25.4. The van der Waals surface area contributed by atoms with Crippen LogP contribution in [0.15, 0.2) is 61.2 Å². The van der Waals surface area contributed by atoms with Gasteiger partial charge in [-0.2, -0.15) is 0 Å². The van der Waals surface area contributed by atoms with Crippen molar-refractivity contribution in [2.75, 3.05) is 38.3 Å². The largest absolute Gasteiger partial charge is 0.381 e. The monoisotopic (exact) mass is 547 g/mol. The number of carbonyl (C=O) groups excluding carboxylic acids is 1. The molecule has 0 aliphatic carbocycles. The molecule has 40 heavy (non-hydrogen) atoms. The second-order valence-corrected chi connectivity index (χ2v) is 9.79. The van der Waals surface area contributed by atoms with E-state index in [-0.39, 0.29) is 12.5 Å². The molecule has 2 N–H and O–H groups in total. The molecule has 1 amide bonds. The van der Waals surface area contributed by atoms with Crippen molar-refractivity contribution in [3.63, 3.8) is 0 Å². The first-order valence-electron chi connectivity index (χ1n) is 14.7. The number of hydrogen-bond acceptors (Lipinski definition) is 6. The van der Waals surface area contributed by atoms with E-state index in [1.165, 1.54) is 6.42 Å². The number of anilines is 1. The van der Waals surface area contributed by atoms with Crippen LogP contribution in [0.5, 0.6) is 0 Å². The van der Waals surface area contributed by atoms with Crippen LogP contribution >= 0.6 is 0 Å². The van der Waals surface area contributed by atoms with Gasteiger partial charge in [0, 0.05) is 43.1 Å². The van der Waals surface area contributed by atoms with Gasteiger partial charge in [-0.05, 0) is 56.5 Å². The van der Waals surface area contributed by atoms with Gasteiger partial charge in [-0.3, -0.25) is 4.79 Å². The van der Waals surface area contributed by atoms with Crippen LogP contribution in [0, 0.1) is 12.8 Å². The van der Waals surface area contributed by atoms with Crippen molar-refractivity contribution in [3.05, 3.63) is 78.1 Å². The van der Waals surface area contributed by atoms with Crippen molar-refractivity contribution in [1.29, 1.82) is 0 Å². The van der Waals surface area contributed by atoms with E-state index < -0.39 is 0 Å². The summed E-state index contributed by atoms with van der Waals surface area (Å²) in [7, 11) is 2.06. The highest BCUT2D eigenvalue weighted by atomic mass is 16.5. The van der Waals surface area contributed by atoms with Gasteiger partial charge in [0.25, 0.3) is 5.91 Å². The standard InChI is InChI=1S/C23H26N4O2.C8H17N.C2H6/c1-16-7-3-4-8-18(16)23(28)24-13-21-25-20-10-6-5-9-19(20)22(26-21)27(2)14-17-11-12-29-15-17;1-4-7-9-8(5-2)6-3;1-2/h3-10,17H,11-15H2,1-2H3,(H,24,28);5,8-9H,2,4,6-7H2,1,3H3;1-2H3. The molecule has 0 bridgehead atoms. The number of para-hydroxylation sites is 1. The van der Waals surface area contributed by atoms with E-state index in [2.05, 4.69) is 48.0 Å². The van der Waals surface area contributed by atoms with Gasteiger partial charge in [-0.25, -0.2) is 9.97 Å². The van der Waals surface area contributed by atoms with Crippen molar-refractivity contribution in [1.82, 2.24) is 20.6 Å². The van der Waals surface area contributed by atoms with E-state index in [1.54, 1.807) is 0 Å². The molecule has 3 aromatic rings. The third-order valence-corrected chi connectivity index (χ3v) is 6.72. The molecule has 4 rings (SSSR count). The Labute approximate surface area is 241 Å². The Morgan fingerprint density at radius 1 is 1.15 bits per heavy atom. The van der Waals surface area contributed by atoms with Crippen molar-refractivity contribution in [3.8, 4) is 0 Å². The fourth-order valence-corrected chi connectivity index (χ4v) is 4.48.